The molecule has 0 radical (unpaired) electrons. The lowest BCUT2D eigenvalue weighted by Gasteiger charge is -2.02. The standard InChI is InChI=1S/C12H10N4O2S2/c1-13-11-15-14-9(20-11)6-16-10(17)7-4-2-3-5-8(7)19-12(16)18/h2-5H,6H2,1H3,(H,13,15). The number of anilines is 1. The lowest BCUT2D eigenvalue weighted by Crippen LogP contribution is -2.31. The van der Waals surface area contributed by atoms with Crippen LogP contribution in [0.3, 0.4) is 0 Å². The van der Waals surface area contributed by atoms with Crippen molar-refractivity contribution in [2.75, 3.05) is 12.4 Å². The van der Waals surface area contributed by atoms with Crippen LogP contribution in [-0.2, 0) is 6.54 Å². The van der Waals surface area contributed by atoms with Crippen LogP contribution in [0.5, 0.6) is 0 Å². The van der Waals surface area contributed by atoms with Gasteiger partial charge in [0.05, 0.1) is 11.9 Å². The van der Waals surface area contributed by atoms with Crippen molar-refractivity contribution in [2.24, 2.45) is 0 Å². The van der Waals surface area contributed by atoms with E-state index in [0.717, 1.165) is 11.3 Å². The lowest BCUT2D eigenvalue weighted by molar-refractivity contribution is 0.737. The van der Waals surface area contributed by atoms with Crippen molar-refractivity contribution in [3.05, 3.63) is 49.3 Å². The molecule has 0 amide bonds. The van der Waals surface area contributed by atoms with Gasteiger partial charge in [-0.25, -0.2) is 0 Å². The van der Waals surface area contributed by atoms with Crippen LogP contribution in [0.1, 0.15) is 5.01 Å². The van der Waals surface area contributed by atoms with Crippen LogP contribution in [0.4, 0.5) is 5.13 Å². The number of hydrogen-bond acceptors (Lipinski definition) is 7. The van der Waals surface area contributed by atoms with E-state index in [2.05, 4.69) is 15.5 Å². The first-order chi connectivity index (χ1) is 9.69. The monoisotopic (exact) mass is 306 g/mol. The van der Waals surface area contributed by atoms with E-state index in [4.69, 9.17) is 0 Å². The van der Waals surface area contributed by atoms with Crippen LogP contribution in [0.25, 0.3) is 10.1 Å². The minimum atomic E-state index is -0.287. The van der Waals surface area contributed by atoms with E-state index in [-0.39, 0.29) is 17.0 Å². The highest BCUT2D eigenvalue weighted by Gasteiger charge is 2.11. The second kappa shape index (κ2) is 5.14. The molecule has 0 fully saturated rings. The Kier molecular flexibility index (Phi) is 3.33. The topological polar surface area (TPSA) is 76.9 Å². The third-order valence-electron chi connectivity index (χ3n) is 2.75. The Morgan fingerprint density at radius 1 is 1.20 bits per heavy atom. The van der Waals surface area contributed by atoms with Crippen molar-refractivity contribution in [2.45, 2.75) is 6.54 Å². The van der Waals surface area contributed by atoms with Crippen LogP contribution < -0.4 is 15.7 Å². The number of nitrogens with zero attached hydrogens (tertiary/aromatic N) is 3. The van der Waals surface area contributed by atoms with Crippen LogP contribution >= 0.6 is 22.7 Å². The number of benzene rings is 1. The van der Waals surface area contributed by atoms with Crippen molar-refractivity contribution in [1.82, 2.24) is 14.8 Å². The molecule has 0 aliphatic rings. The smallest absolute Gasteiger partial charge is 0.310 e. The molecule has 6 nitrogen and oxygen atoms in total. The molecule has 102 valence electrons. The summed E-state index contributed by atoms with van der Waals surface area (Å²) in [6.07, 6.45) is 0. The van der Waals surface area contributed by atoms with Gasteiger partial charge in [-0.1, -0.05) is 34.8 Å². The van der Waals surface area contributed by atoms with Crippen LogP contribution in [0.2, 0.25) is 0 Å². The van der Waals surface area contributed by atoms with E-state index in [0.29, 0.717) is 20.2 Å². The first-order valence-corrected chi connectivity index (χ1v) is 7.45. The largest absolute Gasteiger partial charge is 0.363 e. The van der Waals surface area contributed by atoms with E-state index >= 15 is 0 Å². The molecule has 0 aliphatic heterocycles. The minimum Gasteiger partial charge on any atom is -0.363 e. The second-order valence-corrected chi connectivity index (χ2v) is 6.06. The van der Waals surface area contributed by atoms with Crippen molar-refractivity contribution in [1.29, 1.82) is 0 Å². The number of nitrogens with one attached hydrogen (secondary N) is 1. The Balaban J connectivity index is 2.11. The molecule has 1 aromatic carbocycles. The summed E-state index contributed by atoms with van der Waals surface area (Å²) in [4.78, 5) is 24.1. The maximum atomic E-state index is 12.3. The molecule has 0 aliphatic carbocycles. The number of rotatable bonds is 3. The zero-order chi connectivity index (χ0) is 14.1. The normalized spacial score (nSPS) is 10.8. The molecule has 2 aromatic heterocycles. The van der Waals surface area contributed by atoms with Gasteiger partial charge in [0, 0.05) is 11.7 Å². The summed E-state index contributed by atoms with van der Waals surface area (Å²) in [6.45, 7) is 0.151. The number of hydrogen-bond donors (Lipinski definition) is 1. The molecule has 0 atom stereocenters. The predicted molar refractivity (Wildman–Crippen MR) is 80.9 cm³/mol. The van der Waals surface area contributed by atoms with Gasteiger partial charge in [0.2, 0.25) is 5.13 Å². The Morgan fingerprint density at radius 3 is 2.75 bits per heavy atom. The Labute approximate surface area is 121 Å². The molecule has 3 aromatic rings. The molecule has 0 spiro atoms. The fourth-order valence-electron chi connectivity index (χ4n) is 1.80. The van der Waals surface area contributed by atoms with E-state index in [1.807, 2.05) is 6.07 Å². The first kappa shape index (κ1) is 12.9. The number of fused-ring (bicyclic) bond motifs is 1. The quantitative estimate of drug-likeness (QED) is 0.791. The van der Waals surface area contributed by atoms with Gasteiger partial charge in [-0.3, -0.25) is 14.2 Å². The fraction of sp³-hybridized carbons (Fsp3) is 0.167. The Morgan fingerprint density at radius 2 is 2.00 bits per heavy atom. The molecule has 0 unspecified atom stereocenters. The summed E-state index contributed by atoms with van der Waals surface area (Å²) in [7, 11) is 1.74. The summed E-state index contributed by atoms with van der Waals surface area (Å²) in [5.74, 6) is 0. The highest BCUT2D eigenvalue weighted by Crippen LogP contribution is 2.15. The molecule has 8 heteroatoms. The van der Waals surface area contributed by atoms with Gasteiger partial charge in [-0.2, -0.15) is 0 Å². The van der Waals surface area contributed by atoms with Gasteiger partial charge in [-0.05, 0) is 12.1 Å². The third kappa shape index (κ3) is 2.23. The van der Waals surface area contributed by atoms with Crippen LogP contribution in [0, 0.1) is 0 Å². The molecule has 0 saturated heterocycles. The SMILES string of the molecule is CNc1nnc(Cn2c(=O)sc3ccccc3c2=O)s1. The zero-order valence-corrected chi connectivity index (χ0v) is 12.1. The molecule has 0 bridgehead atoms. The lowest BCUT2D eigenvalue weighted by atomic mass is 10.3. The maximum Gasteiger partial charge on any atom is 0.310 e. The molecule has 20 heavy (non-hydrogen) atoms. The average Bonchev–Trinajstić information content (AvgIpc) is 2.91. The van der Waals surface area contributed by atoms with E-state index in [1.54, 1.807) is 25.2 Å². The van der Waals surface area contributed by atoms with Gasteiger partial charge in [0.15, 0.2) is 0 Å². The molecule has 2 heterocycles. The fourth-order valence-corrected chi connectivity index (χ4v) is 3.34. The van der Waals surface area contributed by atoms with Crippen LogP contribution in [-0.4, -0.2) is 21.8 Å². The maximum absolute atomic E-state index is 12.3. The highest BCUT2D eigenvalue weighted by molar-refractivity contribution is 7.16. The van der Waals surface area contributed by atoms with Gasteiger partial charge < -0.3 is 5.32 Å². The molecule has 0 saturated carbocycles. The highest BCUT2D eigenvalue weighted by atomic mass is 32.1. The summed E-state index contributed by atoms with van der Waals surface area (Å²) in [5.41, 5.74) is -0.287. The van der Waals surface area contributed by atoms with Crippen molar-refractivity contribution < 1.29 is 0 Å². The van der Waals surface area contributed by atoms with Gasteiger partial charge >= 0.3 is 4.87 Å². The molecule has 1 N–H and O–H groups in total. The summed E-state index contributed by atoms with van der Waals surface area (Å²) < 4.78 is 1.90. The molecular weight excluding hydrogens is 296 g/mol. The third-order valence-corrected chi connectivity index (χ3v) is 4.65. The van der Waals surface area contributed by atoms with Gasteiger partial charge in [-0.15, -0.1) is 10.2 Å². The second-order valence-electron chi connectivity index (χ2n) is 4.01. The van der Waals surface area contributed by atoms with Crippen molar-refractivity contribution >= 4 is 37.9 Å². The van der Waals surface area contributed by atoms with Crippen LogP contribution in [0.15, 0.2) is 33.9 Å². The minimum absolute atomic E-state index is 0.151. The van der Waals surface area contributed by atoms with E-state index in [9.17, 15) is 9.59 Å². The summed E-state index contributed by atoms with van der Waals surface area (Å²) in [5, 5.41) is 12.6. The average molecular weight is 306 g/mol. The zero-order valence-electron chi connectivity index (χ0n) is 10.5. The van der Waals surface area contributed by atoms with Gasteiger partial charge in [0.25, 0.3) is 5.56 Å². The number of aromatic nitrogens is 3. The summed E-state index contributed by atoms with van der Waals surface area (Å²) in [6, 6.07) is 7.10. The predicted octanol–water partition coefficient (Wildman–Crippen LogP) is 1.36. The molecule has 3 rings (SSSR count). The van der Waals surface area contributed by atoms with Crippen molar-refractivity contribution in [3.8, 4) is 0 Å². The van der Waals surface area contributed by atoms with E-state index in [1.165, 1.54) is 15.9 Å². The first-order valence-electron chi connectivity index (χ1n) is 5.82. The Bertz CT molecular complexity index is 881. The molecular formula is C12H10N4O2S2. The van der Waals surface area contributed by atoms with E-state index < -0.39 is 0 Å². The summed E-state index contributed by atoms with van der Waals surface area (Å²) >= 11 is 2.39. The van der Waals surface area contributed by atoms with Crippen molar-refractivity contribution in [3.63, 3.8) is 0 Å². The van der Waals surface area contributed by atoms with Gasteiger partial charge in [0.1, 0.15) is 5.01 Å². The Hall–Kier alpha value is -2.06.